The van der Waals surface area contributed by atoms with Crippen LogP contribution in [0.5, 0.6) is 0 Å². The molecule has 0 spiro atoms. The van der Waals surface area contributed by atoms with E-state index in [1.807, 2.05) is 41.2 Å². The Morgan fingerprint density at radius 1 is 0.864 bits per heavy atom. The third-order valence-electron chi connectivity index (χ3n) is 3.07. The maximum absolute atomic E-state index is 12.3. The highest BCUT2D eigenvalue weighted by Gasteiger charge is 2.13. The van der Waals surface area contributed by atoms with E-state index < -0.39 is 0 Å². The van der Waals surface area contributed by atoms with Gasteiger partial charge in [-0.25, -0.2) is 0 Å². The van der Waals surface area contributed by atoms with Gasteiger partial charge >= 0.3 is 0 Å². The Bertz CT molecular complexity index is 780. The second-order valence-electron chi connectivity index (χ2n) is 4.49. The number of aromatic nitrogens is 1. The Hall–Kier alpha value is -2.86. The first-order valence-electron chi connectivity index (χ1n) is 6.62. The highest BCUT2D eigenvalue weighted by molar-refractivity contribution is 7.12. The van der Waals surface area contributed by atoms with Crippen molar-refractivity contribution in [3.05, 3.63) is 76.7 Å². The summed E-state index contributed by atoms with van der Waals surface area (Å²) >= 11 is 1.31. The molecule has 0 radical (unpaired) electrons. The second-order valence-corrected chi connectivity index (χ2v) is 5.44. The average molecular weight is 311 g/mol. The van der Waals surface area contributed by atoms with Crippen LogP contribution in [0, 0.1) is 0 Å². The van der Waals surface area contributed by atoms with E-state index in [9.17, 15) is 9.59 Å². The van der Waals surface area contributed by atoms with Crippen molar-refractivity contribution in [2.45, 2.75) is 0 Å². The lowest BCUT2D eigenvalue weighted by Gasteiger charge is -2.11. The van der Waals surface area contributed by atoms with Crippen LogP contribution in [0.25, 0.3) is 5.69 Å². The molecule has 0 fully saturated rings. The number of nitrogens with zero attached hydrogens (tertiary/aromatic N) is 1. The minimum atomic E-state index is -0.366. The fourth-order valence-corrected chi connectivity index (χ4v) is 2.66. The lowest BCUT2D eigenvalue weighted by molar-refractivity contribution is 0.0849. The zero-order valence-corrected chi connectivity index (χ0v) is 12.3. The van der Waals surface area contributed by atoms with Gasteiger partial charge in [0, 0.05) is 12.4 Å². The first kappa shape index (κ1) is 14.1. The Morgan fingerprint density at radius 2 is 1.59 bits per heavy atom. The zero-order chi connectivity index (χ0) is 15.4. The van der Waals surface area contributed by atoms with Crippen molar-refractivity contribution in [2.75, 3.05) is 0 Å². The zero-order valence-electron chi connectivity index (χ0n) is 11.5. The second kappa shape index (κ2) is 6.28. The molecule has 0 saturated carbocycles. The molecule has 2 aromatic heterocycles. The van der Waals surface area contributed by atoms with Crippen molar-refractivity contribution in [2.24, 2.45) is 0 Å². The van der Waals surface area contributed by atoms with Crippen molar-refractivity contribution >= 4 is 23.2 Å². The number of benzene rings is 1. The molecule has 110 valence electrons. The number of hydrogen-bond acceptors (Lipinski definition) is 3. The largest absolute Gasteiger partial charge is 0.323 e. The highest BCUT2D eigenvalue weighted by Crippen LogP contribution is 2.14. The van der Waals surface area contributed by atoms with Gasteiger partial charge in [-0.15, -0.1) is 11.3 Å². The number of carbonyl (C=O) groups is 2. The normalized spacial score (nSPS) is 10.2. The van der Waals surface area contributed by atoms with E-state index >= 15 is 0 Å². The smallest absolute Gasteiger partial charge is 0.279 e. The minimum Gasteiger partial charge on any atom is -0.323 e. The Labute approximate surface area is 131 Å². The number of nitrogens with one attached hydrogen (secondary N) is 2. The van der Waals surface area contributed by atoms with Gasteiger partial charge in [-0.05, 0) is 35.7 Å². The summed E-state index contributed by atoms with van der Waals surface area (Å²) in [4.78, 5) is 24.7. The maximum atomic E-state index is 12.3. The van der Waals surface area contributed by atoms with Crippen LogP contribution in [0.3, 0.4) is 0 Å². The predicted molar refractivity (Wildman–Crippen MR) is 85.0 cm³/mol. The fourth-order valence-electron chi connectivity index (χ4n) is 2.04. The van der Waals surface area contributed by atoms with Gasteiger partial charge in [-0.2, -0.15) is 0 Å². The summed E-state index contributed by atoms with van der Waals surface area (Å²) in [5, 5.41) is 1.80. The van der Waals surface area contributed by atoms with Gasteiger partial charge in [-0.1, -0.05) is 18.2 Å². The van der Waals surface area contributed by atoms with E-state index in [4.69, 9.17) is 0 Å². The molecule has 0 aliphatic heterocycles. The molecule has 5 nitrogen and oxygen atoms in total. The van der Waals surface area contributed by atoms with Gasteiger partial charge < -0.3 is 4.57 Å². The molecule has 2 heterocycles. The molecule has 2 N–H and O–H groups in total. The number of rotatable bonds is 3. The summed E-state index contributed by atoms with van der Waals surface area (Å²) in [5.74, 6) is -0.698. The molecule has 6 heteroatoms. The van der Waals surface area contributed by atoms with Crippen LogP contribution in [0.15, 0.2) is 66.3 Å². The molecule has 22 heavy (non-hydrogen) atoms. The summed E-state index contributed by atoms with van der Waals surface area (Å²) < 4.78 is 1.84. The summed E-state index contributed by atoms with van der Waals surface area (Å²) in [6, 6.07) is 14.4. The van der Waals surface area contributed by atoms with Gasteiger partial charge in [0.2, 0.25) is 0 Å². The number of amides is 2. The Morgan fingerprint density at radius 3 is 2.32 bits per heavy atom. The van der Waals surface area contributed by atoms with E-state index in [-0.39, 0.29) is 11.8 Å². The average Bonchev–Trinajstić information content (AvgIpc) is 3.24. The quantitative estimate of drug-likeness (QED) is 0.730. The molecule has 1 aromatic carbocycles. The van der Waals surface area contributed by atoms with Gasteiger partial charge in [0.1, 0.15) is 0 Å². The van der Waals surface area contributed by atoms with Crippen molar-refractivity contribution in [1.82, 2.24) is 15.4 Å². The summed E-state index contributed by atoms with van der Waals surface area (Å²) in [6.07, 6.45) is 3.71. The van der Waals surface area contributed by atoms with E-state index in [1.165, 1.54) is 11.3 Å². The summed E-state index contributed by atoms with van der Waals surface area (Å²) in [5.41, 5.74) is 6.09. The van der Waals surface area contributed by atoms with Crippen molar-refractivity contribution in [3.63, 3.8) is 0 Å². The highest BCUT2D eigenvalue weighted by atomic mass is 32.1. The first-order valence-corrected chi connectivity index (χ1v) is 7.50. The van der Waals surface area contributed by atoms with Crippen LogP contribution in [0.4, 0.5) is 0 Å². The van der Waals surface area contributed by atoms with Crippen LogP contribution >= 0.6 is 11.3 Å². The monoisotopic (exact) mass is 311 g/mol. The van der Waals surface area contributed by atoms with Crippen molar-refractivity contribution in [1.29, 1.82) is 0 Å². The molecule has 0 saturated heterocycles. The molecule has 2 amide bonds. The number of thiophene rings is 1. The van der Waals surface area contributed by atoms with E-state index in [0.717, 1.165) is 5.69 Å². The predicted octanol–water partition coefficient (Wildman–Crippen LogP) is 2.61. The number of hydrazine groups is 1. The van der Waals surface area contributed by atoms with Crippen LogP contribution in [-0.4, -0.2) is 16.4 Å². The van der Waals surface area contributed by atoms with Gasteiger partial charge in [0.25, 0.3) is 11.8 Å². The Balaban J connectivity index is 1.74. The molecule has 3 rings (SSSR count). The third kappa shape index (κ3) is 2.91. The molecule has 0 aliphatic carbocycles. The fraction of sp³-hybridized carbons (Fsp3) is 0. The van der Waals surface area contributed by atoms with Crippen LogP contribution in [0.1, 0.15) is 20.0 Å². The number of carbonyl (C=O) groups excluding carboxylic acids is 2. The van der Waals surface area contributed by atoms with E-state index in [2.05, 4.69) is 10.9 Å². The molecule has 3 aromatic rings. The summed E-state index contributed by atoms with van der Waals surface area (Å²) in [6.45, 7) is 0. The number of para-hydroxylation sites is 1. The van der Waals surface area contributed by atoms with E-state index in [1.54, 1.807) is 29.6 Å². The number of hydrogen-bond donors (Lipinski definition) is 2. The molecule has 0 unspecified atom stereocenters. The van der Waals surface area contributed by atoms with Gasteiger partial charge in [-0.3, -0.25) is 20.4 Å². The lowest BCUT2D eigenvalue weighted by Crippen LogP contribution is -2.41. The standard InChI is InChI=1S/C16H13N3O2S/c20-15(17-18-16(21)14-8-5-11-22-14)12-6-1-2-7-13(12)19-9-3-4-10-19/h1-11H,(H,17,20)(H,18,21). The lowest BCUT2D eigenvalue weighted by atomic mass is 10.1. The van der Waals surface area contributed by atoms with E-state index in [0.29, 0.717) is 10.4 Å². The van der Waals surface area contributed by atoms with Crippen LogP contribution < -0.4 is 10.9 Å². The molecular formula is C16H13N3O2S. The van der Waals surface area contributed by atoms with Gasteiger partial charge in [0.05, 0.1) is 16.1 Å². The van der Waals surface area contributed by atoms with Gasteiger partial charge in [0.15, 0.2) is 0 Å². The Kier molecular flexibility index (Phi) is 4.02. The topological polar surface area (TPSA) is 63.1 Å². The molecule has 0 atom stereocenters. The first-order chi connectivity index (χ1) is 10.8. The van der Waals surface area contributed by atoms with Crippen molar-refractivity contribution in [3.8, 4) is 5.69 Å². The van der Waals surface area contributed by atoms with Crippen molar-refractivity contribution < 1.29 is 9.59 Å². The SMILES string of the molecule is O=C(NNC(=O)c1ccccc1-n1cccc1)c1cccs1. The van der Waals surface area contributed by atoms with Crippen LogP contribution in [-0.2, 0) is 0 Å². The minimum absolute atomic E-state index is 0.332. The molecule has 0 aliphatic rings. The molecule has 0 bridgehead atoms. The summed E-state index contributed by atoms with van der Waals surface area (Å²) in [7, 11) is 0. The van der Waals surface area contributed by atoms with Crippen LogP contribution in [0.2, 0.25) is 0 Å². The maximum Gasteiger partial charge on any atom is 0.279 e. The molecular weight excluding hydrogens is 298 g/mol. The third-order valence-corrected chi connectivity index (χ3v) is 3.93.